The van der Waals surface area contributed by atoms with E-state index in [-0.39, 0.29) is 5.82 Å². The van der Waals surface area contributed by atoms with Crippen LogP contribution < -0.4 is 11.1 Å². The van der Waals surface area contributed by atoms with Crippen LogP contribution in [0.2, 0.25) is 0 Å². The van der Waals surface area contributed by atoms with Crippen LogP contribution in [0.15, 0.2) is 36.4 Å². The van der Waals surface area contributed by atoms with E-state index in [1.54, 1.807) is 25.1 Å². The van der Waals surface area contributed by atoms with Crippen molar-refractivity contribution in [3.63, 3.8) is 0 Å². The van der Waals surface area contributed by atoms with Crippen LogP contribution in [0.25, 0.3) is 0 Å². The summed E-state index contributed by atoms with van der Waals surface area (Å²) in [5, 5.41) is 2.90. The Balaban J connectivity index is 2.31. The molecule has 3 N–H and O–H groups in total. The molecule has 17 heavy (non-hydrogen) atoms. The predicted octanol–water partition coefficient (Wildman–Crippen LogP) is 3.60. The van der Waals surface area contributed by atoms with Crippen molar-refractivity contribution in [2.45, 2.75) is 6.92 Å². The van der Waals surface area contributed by atoms with Gasteiger partial charge < -0.3 is 11.1 Å². The third kappa shape index (κ3) is 2.53. The maximum atomic E-state index is 13.5. The molecule has 0 aliphatic heterocycles. The Morgan fingerprint density at radius 2 is 1.71 bits per heavy atom. The van der Waals surface area contributed by atoms with Gasteiger partial charge >= 0.3 is 0 Å². The van der Waals surface area contributed by atoms with Crippen molar-refractivity contribution in [2.75, 3.05) is 11.1 Å². The minimum Gasteiger partial charge on any atom is -0.399 e. The number of benzene rings is 2. The summed E-state index contributed by atoms with van der Waals surface area (Å²) in [7, 11) is 0. The monoisotopic (exact) mass is 234 g/mol. The lowest BCUT2D eigenvalue weighted by Crippen LogP contribution is -1.97. The number of halogens is 2. The molecule has 4 heteroatoms. The molecule has 2 rings (SSSR count). The molecule has 0 heterocycles. The number of hydrogen-bond donors (Lipinski definition) is 2. The molecule has 0 aliphatic rings. The molecule has 2 nitrogen and oxygen atoms in total. The second-order valence-corrected chi connectivity index (χ2v) is 3.82. The fourth-order valence-corrected chi connectivity index (χ4v) is 1.55. The Bertz CT molecular complexity index is 504. The minimum atomic E-state index is -0.436. The van der Waals surface area contributed by atoms with Crippen LogP contribution in [-0.2, 0) is 0 Å². The molecule has 2 aromatic rings. The van der Waals surface area contributed by atoms with Gasteiger partial charge in [0, 0.05) is 11.4 Å². The summed E-state index contributed by atoms with van der Waals surface area (Å²) < 4.78 is 26.4. The molecule has 0 atom stereocenters. The first-order valence-corrected chi connectivity index (χ1v) is 5.14. The topological polar surface area (TPSA) is 38.0 Å². The number of anilines is 3. The lowest BCUT2D eigenvalue weighted by molar-refractivity contribution is 0.626. The maximum Gasteiger partial charge on any atom is 0.148 e. The Morgan fingerprint density at radius 1 is 1.00 bits per heavy atom. The highest BCUT2D eigenvalue weighted by molar-refractivity contribution is 5.65. The number of nitrogen functional groups attached to an aromatic ring is 1. The molecule has 0 radical (unpaired) electrons. The first-order valence-electron chi connectivity index (χ1n) is 5.14. The van der Waals surface area contributed by atoms with E-state index in [1.807, 2.05) is 0 Å². The number of nitrogens with two attached hydrogens (primary N) is 1. The van der Waals surface area contributed by atoms with Gasteiger partial charge in [-0.3, -0.25) is 0 Å². The first-order chi connectivity index (χ1) is 8.06. The molecular formula is C13H12F2N2. The fourth-order valence-electron chi connectivity index (χ4n) is 1.55. The summed E-state index contributed by atoms with van der Waals surface area (Å²) in [6.07, 6.45) is 0. The van der Waals surface area contributed by atoms with Gasteiger partial charge in [0.1, 0.15) is 11.6 Å². The van der Waals surface area contributed by atoms with Gasteiger partial charge in [-0.25, -0.2) is 8.78 Å². The van der Waals surface area contributed by atoms with E-state index in [0.29, 0.717) is 22.6 Å². The molecule has 0 saturated carbocycles. The summed E-state index contributed by atoms with van der Waals surface area (Å²) >= 11 is 0. The van der Waals surface area contributed by atoms with Crippen LogP contribution in [0.4, 0.5) is 25.8 Å². The molecule has 0 saturated heterocycles. The smallest absolute Gasteiger partial charge is 0.148 e. The molecule has 0 unspecified atom stereocenters. The highest BCUT2D eigenvalue weighted by Gasteiger charge is 2.05. The molecular weight excluding hydrogens is 222 g/mol. The summed E-state index contributed by atoms with van der Waals surface area (Å²) in [4.78, 5) is 0. The van der Waals surface area contributed by atoms with Gasteiger partial charge in [-0.05, 0) is 48.9 Å². The fraction of sp³-hybridized carbons (Fsp3) is 0.0769. The number of nitrogens with one attached hydrogen (secondary N) is 1. The van der Waals surface area contributed by atoms with Crippen LogP contribution in [0, 0.1) is 18.6 Å². The SMILES string of the molecule is Cc1cc(F)ccc1Nc1ccc(N)cc1F. The van der Waals surface area contributed by atoms with Crippen LogP contribution >= 0.6 is 0 Å². The van der Waals surface area contributed by atoms with Crippen molar-refractivity contribution in [2.24, 2.45) is 0 Å². The van der Waals surface area contributed by atoms with Crippen molar-refractivity contribution in [1.29, 1.82) is 0 Å². The zero-order valence-corrected chi connectivity index (χ0v) is 9.30. The van der Waals surface area contributed by atoms with Crippen molar-refractivity contribution >= 4 is 17.1 Å². The summed E-state index contributed by atoms with van der Waals surface area (Å²) in [5.74, 6) is -0.750. The summed E-state index contributed by atoms with van der Waals surface area (Å²) in [6, 6.07) is 8.67. The van der Waals surface area contributed by atoms with Gasteiger partial charge in [0.05, 0.1) is 5.69 Å². The Kier molecular flexibility index (Phi) is 2.95. The second-order valence-electron chi connectivity index (χ2n) is 3.82. The van der Waals surface area contributed by atoms with E-state index in [2.05, 4.69) is 5.32 Å². The summed E-state index contributed by atoms with van der Waals surface area (Å²) in [5.41, 5.74) is 7.50. The molecule has 0 aromatic heterocycles. The van der Waals surface area contributed by atoms with Gasteiger partial charge in [0.2, 0.25) is 0 Å². The van der Waals surface area contributed by atoms with Crippen molar-refractivity contribution in [3.05, 3.63) is 53.6 Å². The van der Waals surface area contributed by atoms with Crippen molar-refractivity contribution in [3.8, 4) is 0 Å². The number of hydrogen-bond acceptors (Lipinski definition) is 2. The average Bonchev–Trinajstić information content (AvgIpc) is 2.25. The second kappa shape index (κ2) is 4.41. The minimum absolute atomic E-state index is 0.314. The quantitative estimate of drug-likeness (QED) is 0.779. The zero-order valence-electron chi connectivity index (χ0n) is 9.30. The van der Waals surface area contributed by atoms with Gasteiger partial charge in [-0.1, -0.05) is 0 Å². The highest BCUT2D eigenvalue weighted by atomic mass is 19.1. The Hall–Kier alpha value is -2.10. The molecule has 0 bridgehead atoms. The van der Waals surface area contributed by atoms with Gasteiger partial charge in [0.25, 0.3) is 0 Å². The van der Waals surface area contributed by atoms with Crippen molar-refractivity contribution in [1.82, 2.24) is 0 Å². The third-order valence-electron chi connectivity index (χ3n) is 2.45. The largest absolute Gasteiger partial charge is 0.399 e. The maximum absolute atomic E-state index is 13.5. The Labute approximate surface area is 98.1 Å². The number of rotatable bonds is 2. The van der Waals surface area contributed by atoms with Gasteiger partial charge in [-0.15, -0.1) is 0 Å². The zero-order chi connectivity index (χ0) is 12.4. The predicted molar refractivity (Wildman–Crippen MR) is 65.2 cm³/mol. The third-order valence-corrected chi connectivity index (χ3v) is 2.45. The average molecular weight is 234 g/mol. The van der Waals surface area contributed by atoms with Gasteiger partial charge in [0.15, 0.2) is 0 Å². The van der Waals surface area contributed by atoms with Crippen LogP contribution in [0.3, 0.4) is 0 Å². The van der Waals surface area contributed by atoms with Gasteiger partial charge in [-0.2, -0.15) is 0 Å². The molecule has 0 fully saturated rings. The van der Waals surface area contributed by atoms with Crippen LogP contribution in [0.5, 0.6) is 0 Å². The normalized spacial score (nSPS) is 10.3. The standard InChI is InChI=1S/C13H12F2N2/c1-8-6-9(14)2-4-12(8)17-13-5-3-10(16)7-11(13)15/h2-7,17H,16H2,1H3. The molecule has 0 amide bonds. The van der Waals surface area contributed by atoms with Crippen LogP contribution in [0.1, 0.15) is 5.56 Å². The molecule has 2 aromatic carbocycles. The van der Waals surface area contributed by atoms with Crippen molar-refractivity contribution < 1.29 is 8.78 Å². The molecule has 88 valence electrons. The summed E-state index contributed by atoms with van der Waals surface area (Å²) in [6.45, 7) is 1.75. The highest BCUT2D eigenvalue weighted by Crippen LogP contribution is 2.24. The van der Waals surface area contributed by atoms with E-state index >= 15 is 0 Å². The molecule has 0 aliphatic carbocycles. The number of aryl methyl sites for hydroxylation is 1. The lowest BCUT2D eigenvalue weighted by Gasteiger charge is -2.10. The lowest BCUT2D eigenvalue weighted by atomic mass is 10.2. The Morgan fingerprint density at radius 3 is 2.35 bits per heavy atom. The van der Waals surface area contributed by atoms with E-state index in [4.69, 9.17) is 5.73 Å². The van der Waals surface area contributed by atoms with E-state index in [0.717, 1.165) is 0 Å². The van der Waals surface area contributed by atoms with E-state index in [9.17, 15) is 8.78 Å². The van der Waals surface area contributed by atoms with Crippen LogP contribution in [-0.4, -0.2) is 0 Å². The molecule has 0 spiro atoms. The van der Waals surface area contributed by atoms with E-state index in [1.165, 1.54) is 18.2 Å². The van der Waals surface area contributed by atoms with E-state index < -0.39 is 5.82 Å². The first kappa shape index (κ1) is 11.4.